The lowest BCUT2D eigenvalue weighted by atomic mass is 10.1. The van der Waals surface area contributed by atoms with Crippen molar-refractivity contribution in [2.24, 2.45) is 5.73 Å². The molecule has 1 heterocycles. The first-order valence-electron chi connectivity index (χ1n) is 4.81. The molecule has 1 rings (SSSR count). The van der Waals surface area contributed by atoms with Gasteiger partial charge in [0.05, 0.1) is 0 Å². The molecule has 0 radical (unpaired) electrons. The van der Waals surface area contributed by atoms with Gasteiger partial charge in [-0.25, -0.2) is 0 Å². The van der Waals surface area contributed by atoms with Crippen LogP contribution < -0.4 is 5.73 Å². The molecule has 1 aliphatic rings. The highest BCUT2D eigenvalue weighted by molar-refractivity contribution is 4.74. The van der Waals surface area contributed by atoms with Crippen molar-refractivity contribution in [3.05, 3.63) is 0 Å². The van der Waals surface area contributed by atoms with E-state index in [1.54, 1.807) is 0 Å². The fourth-order valence-electron chi connectivity index (χ4n) is 1.68. The van der Waals surface area contributed by atoms with E-state index in [-0.39, 0.29) is 0 Å². The summed E-state index contributed by atoms with van der Waals surface area (Å²) in [5.74, 6) is 0. The zero-order valence-corrected chi connectivity index (χ0v) is 7.55. The normalized spacial score (nSPS) is 27.3. The summed E-state index contributed by atoms with van der Waals surface area (Å²) in [5, 5.41) is 0. The van der Waals surface area contributed by atoms with Gasteiger partial charge < -0.3 is 10.6 Å². The maximum absolute atomic E-state index is 5.86. The molecule has 0 saturated carbocycles. The molecule has 1 saturated heterocycles. The summed E-state index contributed by atoms with van der Waals surface area (Å²) in [6, 6.07) is 0.445. The maximum atomic E-state index is 5.86. The molecule has 11 heavy (non-hydrogen) atoms. The van der Waals surface area contributed by atoms with Crippen LogP contribution in [0.2, 0.25) is 0 Å². The standard InChI is InChI=1S/C9H20N2/c1-2-3-6-11-7-4-5-9(10)8-11/h9H,2-8,10H2,1H3/t9-/m0/s1. The second kappa shape index (κ2) is 4.73. The summed E-state index contributed by atoms with van der Waals surface area (Å²) in [5.41, 5.74) is 5.86. The van der Waals surface area contributed by atoms with Crippen LogP contribution in [0.15, 0.2) is 0 Å². The van der Waals surface area contributed by atoms with E-state index in [0.29, 0.717) is 6.04 Å². The minimum Gasteiger partial charge on any atom is -0.327 e. The molecule has 1 aliphatic heterocycles. The molecule has 66 valence electrons. The Morgan fingerprint density at radius 2 is 2.36 bits per heavy atom. The van der Waals surface area contributed by atoms with E-state index in [1.165, 1.54) is 38.8 Å². The van der Waals surface area contributed by atoms with Crippen molar-refractivity contribution >= 4 is 0 Å². The Bertz CT molecular complexity index is 104. The number of rotatable bonds is 3. The van der Waals surface area contributed by atoms with Gasteiger partial charge in [-0.2, -0.15) is 0 Å². The number of piperidine rings is 1. The molecule has 2 nitrogen and oxygen atoms in total. The molecule has 2 heteroatoms. The van der Waals surface area contributed by atoms with Crippen molar-refractivity contribution in [3.63, 3.8) is 0 Å². The lowest BCUT2D eigenvalue weighted by Gasteiger charge is -2.30. The number of nitrogens with zero attached hydrogens (tertiary/aromatic N) is 1. The van der Waals surface area contributed by atoms with Crippen LogP contribution in [0.1, 0.15) is 32.6 Å². The summed E-state index contributed by atoms with van der Waals surface area (Å²) >= 11 is 0. The number of nitrogens with two attached hydrogens (primary N) is 1. The predicted molar refractivity (Wildman–Crippen MR) is 48.6 cm³/mol. The molecule has 2 N–H and O–H groups in total. The SMILES string of the molecule is CCCCN1CCC[C@H](N)C1. The van der Waals surface area contributed by atoms with Gasteiger partial charge in [0.25, 0.3) is 0 Å². The number of unbranched alkanes of at least 4 members (excludes halogenated alkanes) is 1. The average molecular weight is 156 g/mol. The van der Waals surface area contributed by atoms with Gasteiger partial charge in [0.2, 0.25) is 0 Å². The van der Waals surface area contributed by atoms with Gasteiger partial charge in [-0.1, -0.05) is 13.3 Å². The third-order valence-corrected chi connectivity index (χ3v) is 2.37. The molecular weight excluding hydrogens is 136 g/mol. The van der Waals surface area contributed by atoms with Crippen molar-refractivity contribution < 1.29 is 0 Å². The highest BCUT2D eigenvalue weighted by Gasteiger charge is 2.14. The first-order valence-corrected chi connectivity index (χ1v) is 4.81. The average Bonchev–Trinajstić information content (AvgIpc) is 2.01. The third-order valence-electron chi connectivity index (χ3n) is 2.37. The molecule has 0 aromatic carbocycles. The minimum absolute atomic E-state index is 0.445. The molecule has 0 aliphatic carbocycles. The van der Waals surface area contributed by atoms with Crippen LogP contribution in [0.5, 0.6) is 0 Å². The van der Waals surface area contributed by atoms with E-state index in [0.717, 1.165) is 6.54 Å². The van der Waals surface area contributed by atoms with E-state index in [9.17, 15) is 0 Å². The van der Waals surface area contributed by atoms with Gasteiger partial charge in [0, 0.05) is 12.6 Å². The fraction of sp³-hybridized carbons (Fsp3) is 1.00. The van der Waals surface area contributed by atoms with Crippen LogP contribution in [0, 0.1) is 0 Å². The van der Waals surface area contributed by atoms with E-state index in [4.69, 9.17) is 5.73 Å². The van der Waals surface area contributed by atoms with Crippen molar-refractivity contribution in [1.29, 1.82) is 0 Å². The first-order chi connectivity index (χ1) is 5.33. The molecular formula is C9H20N2. The molecule has 0 unspecified atom stereocenters. The van der Waals surface area contributed by atoms with Crippen LogP contribution >= 0.6 is 0 Å². The Morgan fingerprint density at radius 1 is 1.55 bits per heavy atom. The topological polar surface area (TPSA) is 29.3 Å². The monoisotopic (exact) mass is 156 g/mol. The number of likely N-dealkylation sites (tertiary alicyclic amines) is 1. The second-order valence-corrected chi connectivity index (χ2v) is 3.56. The Balaban J connectivity index is 2.12. The lowest BCUT2D eigenvalue weighted by molar-refractivity contribution is 0.206. The zero-order chi connectivity index (χ0) is 8.10. The highest BCUT2D eigenvalue weighted by Crippen LogP contribution is 2.08. The van der Waals surface area contributed by atoms with Crippen molar-refractivity contribution in [1.82, 2.24) is 4.90 Å². The van der Waals surface area contributed by atoms with Crippen LogP contribution in [-0.4, -0.2) is 30.6 Å². The lowest BCUT2D eigenvalue weighted by Crippen LogP contribution is -2.43. The summed E-state index contributed by atoms with van der Waals surface area (Å²) < 4.78 is 0. The van der Waals surface area contributed by atoms with Gasteiger partial charge in [-0.05, 0) is 32.4 Å². The zero-order valence-electron chi connectivity index (χ0n) is 7.55. The Morgan fingerprint density at radius 3 is 3.00 bits per heavy atom. The molecule has 0 bridgehead atoms. The Hall–Kier alpha value is -0.0800. The number of hydrogen-bond acceptors (Lipinski definition) is 2. The quantitative estimate of drug-likeness (QED) is 0.665. The summed E-state index contributed by atoms with van der Waals surface area (Å²) in [6.45, 7) is 5.89. The van der Waals surface area contributed by atoms with E-state index >= 15 is 0 Å². The largest absolute Gasteiger partial charge is 0.327 e. The number of hydrogen-bond donors (Lipinski definition) is 1. The van der Waals surface area contributed by atoms with E-state index < -0.39 is 0 Å². The summed E-state index contributed by atoms with van der Waals surface area (Å²) in [7, 11) is 0. The molecule has 0 spiro atoms. The van der Waals surface area contributed by atoms with Gasteiger partial charge in [0.1, 0.15) is 0 Å². The van der Waals surface area contributed by atoms with Crippen LogP contribution in [-0.2, 0) is 0 Å². The smallest absolute Gasteiger partial charge is 0.0168 e. The third kappa shape index (κ3) is 3.21. The Labute approximate surface area is 69.8 Å². The van der Waals surface area contributed by atoms with Crippen LogP contribution in [0.25, 0.3) is 0 Å². The van der Waals surface area contributed by atoms with Crippen LogP contribution in [0.3, 0.4) is 0 Å². The molecule has 0 aromatic rings. The Kier molecular flexibility index (Phi) is 3.87. The van der Waals surface area contributed by atoms with Gasteiger partial charge in [-0.15, -0.1) is 0 Å². The van der Waals surface area contributed by atoms with Crippen molar-refractivity contribution in [3.8, 4) is 0 Å². The molecule has 0 amide bonds. The summed E-state index contributed by atoms with van der Waals surface area (Å²) in [4.78, 5) is 2.50. The first kappa shape index (κ1) is 9.01. The fourth-order valence-corrected chi connectivity index (χ4v) is 1.68. The molecule has 1 atom stereocenters. The molecule has 0 aromatic heterocycles. The summed E-state index contributed by atoms with van der Waals surface area (Å²) in [6.07, 6.45) is 5.14. The minimum atomic E-state index is 0.445. The van der Waals surface area contributed by atoms with E-state index in [2.05, 4.69) is 11.8 Å². The highest BCUT2D eigenvalue weighted by atomic mass is 15.1. The molecule has 1 fully saturated rings. The van der Waals surface area contributed by atoms with Gasteiger partial charge in [0.15, 0.2) is 0 Å². The second-order valence-electron chi connectivity index (χ2n) is 3.56. The van der Waals surface area contributed by atoms with Crippen molar-refractivity contribution in [2.75, 3.05) is 19.6 Å². The predicted octanol–water partition coefficient (Wildman–Crippen LogP) is 1.21. The van der Waals surface area contributed by atoms with Gasteiger partial charge >= 0.3 is 0 Å². The van der Waals surface area contributed by atoms with E-state index in [1.807, 2.05) is 0 Å². The van der Waals surface area contributed by atoms with Crippen LogP contribution in [0.4, 0.5) is 0 Å². The van der Waals surface area contributed by atoms with Gasteiger partial charge in [-0.3, -0.25) is 0 Å². The maximum Gasteiger partial charge on any atom is 0.0168 e. The van der Waals surface area contributed by atoms with Crippen molar-refractivity contribution in [2.45, 2.75) is 38.6 Å².